The van der Waals surface area contributed by atoms with Crippen molar-refractivity contribution in [2.75, 3.05) is 13.2 Å². The predicted molar refractivity (Wildman–Crippen MR) is 175 cm³/mol. The Bertz CT molecular complexity index is 1760. The Balaban J connectivity index is 1.09. The fourth-order valence-corrected chi connectivity index (χ4v) is 7.73. The van der Waals surface area contributed by atoms with E-state index in [4.69, 9.17) is 9.47 Å². The molecule has 0 saturated heterocycles. The summed E-state index contributed by atoms with van der Waals surface area (Å²) in [7, 11) is -3.93. The van der Waals surface area contributed by atoms with E-state index in [0.29, 0.717) is 24.0 Å². The van der Waals surface area contributed by atoms with Crippen molar-refractivity contribution in [3.8, 4) is 16.9 Å². The third-order valence-electron chi connectivity index (χ3n) is 8.62. The predicted octanol–water partition coefficient (Wildman–Crippen LogP) is 4.91. The number of nitrogens with zero attached hydrogens (tertiary/aromatic N) is 1. The van der Waals surface area contributed by atoms with Gasteiger partial charge in [-0.1, -0.05) is 48.5 Å². The SMILES string of the molecule is Cc1c(C)c(S(=O)(=O)NNC=NCCC[C@@H](NC(=O)OCC2c3ccccc3-c3ccccc32)C(=O)O)c(C)c2c1OC(C)(C)C2. The van der Waals surface area contributed by atoms with Crippen LogP contribution in [0.15, 0.2) is 58.4 Å². The van der Waals surface area contributed by atoms with Crippen LogP contribution in [-0.2, 0) is 26.0 Å². The smallest absolute Gasteiger partial charge is 0.407 e. The van der Waals surface area contributed by atoms with Crippen LogP contribution in [0.5, 0.6) is 5.75 Å². The van der Waals surface area contributed by atoms with Crippen molar-refractivity contribution in [3.05, 3.63) is 81.9 Å². The molecule has 4 N–H and O–H groups in total. The van der Waals surface area contributed by atoms with Crippen LogP contribution < -0.4 is 20.3 Å². The van der Waals surface area contributed by atoms with E-state index in [1.165, 1.54) is 6.34 Å². The molecule has 0 fully saturated rings. The van der Waals surface area contributed by atoms with E-state index in [0.717, 1.165) is 39.1 Å². The summed E-state index contributed by atoms with van der Waals surface area (Å²) in [6.07, 6.45) is 1.44. The lowest BCUT2D eigenvalue weighted by Gasteiger charge is -2.19. The minimum Gasteiger partial charge on any atom is -0.487 e. The highest BCUT2D eigenvalue weighted by molar-refractivity contribution is 7.89. The number of hydrogen-bond acceptors (Lipinski definition) is 7. The van der Waals surface area contributed by atoms with E-state index in [1.54, 1.807) is 13.8 Å². The number of nitrogens with one attached hydrogen (secondary N) is 3. The average Bonchev–Trinajstić information content (AvgIpc) is 3.51. The molecule has 11 nitrogen and oxygen atoms in total. The molecule has 0 saturated carbocycles. The molecule has 0 radical (unpaired) electrons. The fourth-order valence-electron chi connectivity index (χ4n) is 6.34. The minimum atomic E-state index is -3.93. The first-order valence-corrected chi connectivity index (χ1v) is 16.7. The van der Waals surface area contributed by atoms with Gasteiger partial charge in [0.1, 0.15) is 24.0 Å². The number of amides is 1. The summed E-state index contributed by atoms with van der Waals surface area (Å²) in [6, 6.07) is 14.7. The Labute approximate surface area is 269 Å². The first-order chi connectivity index (χ1) is 21.8. The molecule has 0 spiro atoms. The van der Waals surface area contributed by atoms with Gasteiger partial charge in [-0.15, -0.1) is 4.83 Å². The molecular formula is C34H40N4O7S. The second-order valence-corrected chi connectivity index (χ2v) is 14.0. The first-order valence-electron chi connectivity index (χ1n) is 15.2. The summed E-state index contributed by atoms with van der Waals surface area (Å²) < 4.78 is 38.0. The molecule has 3 aromatic rings. The highest BCUT2D eigenvalue weighted by Crippen LogP contribution is 2.45. The van der Waals surface area contributed by atoms with Gasteiger partial charge in [0, 0.05) is 24.4 Å². The number of hydrogen-bond donors (Lipinski definition) is 4. The molecule has 0 aromatic heterocycles. The van der Waals surface area contributed by atoms with Gasteiger partial charge in [0.2, 0.25) is 0 Å². The van der Waals surface area contributed by atoms with Crippen molar-refractivity contribution >= 4 is 28.4 Å². The van der Waals surface area contributed by atoms with Crippen molar-refractivity contribution in [2.24, 2.45) is 4.99 Å². The number of benzene rings is 3. The topological polar surface area (TPSA) is 155 Å². The van der Waals surface area contributed by atoms with E-state index < -0.39 is 33.7 Å². The molecule has 0 bridgehead atoms. The second kappa shape index (κ2) is 13.1. The van der Waals surface area contributed by atoms with E-state index in [1.807, 2.05) is 69.3 Å². The van der Waals surface area contributed by atoms with Crippen LogP contribution in [0.4, 0.5) is 4.79 Å². The van der Waals surface area contributed by atoms with E-state index >= 15 is 0 Å². The van der Waals surface area contributed by atoms with Gasteiger partial charge in [0.05, 0.1) is 11.2 Å². The van der Waals surface area contributed by atoms with Gasteiger partial charge in [0.25, 0.3) is 10.0 Å². The quantitative estimate of drug-likeness (QED) is 0.0935. The number of sulfonamides is 1. The zero-order valence-electron chi connectivity index (χ0n) is 26.6. The Morgan fingerprint density at radius 2 is 1.67 bits per heavy atom. The molecule has 5 rings (SSSR count). The normalized spacial score (nSPS) is 15.5. The van der Waals surface area contributed by atoms with Gasteiger partial charge in [-0.2, -0.15) is 0 Å². The van der Waals surface area contributed by atoms with Crippen LogP contribution in [0.2, 0.25) is 0 Å². The number of ether oxygens (including phenoxy) is 2. The number of rotatable bonds is 12. The summed E-state index contributed by atoms with van der Waals surface area (Å²) in [5.41, 5.74) is 9.38. The van der Waals surface area contributed by atoms with Crippen molar-refractivity contribution in [3.63, 3.8) is 0 Å². The lowest BCUT2D eigenvalue weighted by molar-refractivity contribution is -0.139. The Morgan fingerprint density at radius 3 is 2.30 bits per heavy atom. The molecule has 1 amide bonds. The molecule has 2 aliphatic rings. The number of carboxylic acid groups (broad SMARTS) is 1. The monoisotopic (exact) mass is 648 g/mol. The molecule has 46 heavy (non-hydrogen) atoms. The highest BCUT2D eigenvalue weighted by Gasteiger charge is 2.36. The van der Waals surface area contributed by atoms with Crippen molar-refractivity contribution in [2.45, 2.75) is 76.3 Å². The average molecular weight is 649 g/mol. The maximum absolute atomic E-state index is 13.2. The van der Waals surface area contributed by atoms with Gasteiger partial charge < -0.3 is 19.9 Å². The number of carbonyl (C=O) groups excluding carboxylic acids is 1. The van der Waals surface area contributed by atoms with E-state index in [9.17, 15) is 23.1 Å². The molecule has 244 valence electrons. The largest absolute Gasteiger partial charge is 0.487 e. The fraction of sp³-hybridized carbons (Fsp3) is 0.382. The molecule has 12 heteroatoms. The van der Waals surface area contributed by atoms with Crippen molar-refractivity contribution < 1.29 is 32.6 Å². The van der Waals surface area contributed by atoms with Crippen molar-refractivity contribution in [1.82, 2.24) is 15.6 Å². The number of aliphatic imine (C=N–C) groups is 1. The van der Waals surface area contributed by atoms with Gasteiger partial charge in [0.15, 0.2) is 0 Å². The molecule has 0 unspecified atom stereocenters. The summed E-state index contributed by atoms with van der Waals surface area (Å²) in [5.74, 6) is -0.574. The maximum atomic E-state index is 13.2. The van der Waals surface area contributed by atoms with Crippen molar-refractivity contribution in [1.29, 1.82) is 0 Å². The van der Waals surface area contributed by atoms with Crippen LogP contribution in [-0.4, -0.2) is 56.7 Å². The van der Waals surface area contributed by atoms with Crippen LogP contribution in [0.1, 0.15) is 66.0 Å². The van der Waals surface area contributed by atoms with E-state index in [-0.39, 0.29) is 30.4 Å². The van der Waals surface area contributed by atoms with Gasteiger partial charge >= 0.3 is 12.1 Å². The molecular weight excluding hydrogens is 608 g/mol. The van der Waals surface area contributed by atoms with Crippen LogP contribution >= 0.6 is 0 Å². The highest BCUT2D eigenvalue weighted by atomic mass is 32.2. The summed E-state index contributed by atoms with van der Waals surface area (Å²) in [6.45, 7) is 9.63. The standard InChI is InChI=1S/C34H40N4O7S/c1-20-21(2)31(22(3)27-17-34(4,5)45-30(20)27)46(42,43)38-36-19-35-16-10-15-29(32(39)40)37-33(41)44-18-28-25-13-8-6-11-23(25)24-12-7-9-14-26(24)28/h6-9,11-14,19,28-29,38H,10,15-18H2,1-5H3,(H,35,36)(H,37,41)(H,39,40)/t29-/m1/s1. The third-order valence-corrected chi connectivity index (χ3v) is 10.2. The maximum Gasteiger partial charge on any atom is 0.407 e. The Hall–Kier alpha value is -4.42. The summed E-state index contributed by atoms with van der Waals surface area (Å²) in [5, 5.41) is 12.1. The number of hydrazine groups is 1. The molecule has 1 aliphatic heterocycles. The van der Waals surface area contributed by atoms with E-state index in [2.05, 4.69) is 20.6 Å². The first kappa shape index (κ1) is 33.0. The zero-order valence-corrected chi connectivity index (χ0v) is 27.5. The molecule has 1 atom stereocenters. The Kier molecular flexibility index (Phi) is 9.41. The van der Waals surface area contributed by atoms with Crippen LogP contribution in [0.25, 0.3) is 11.1 Å². The molecule has 1 aliphatic carbocycles. The van der Waals surface area contributed by atoms with Gasteiger partial charge in [-0.25, -0.2) is 18.0 Å². The lowest BCUT2D eigenvalue weighted by atomic mass is 9.94. The lowest BCUT2D eigenvalue weighted by Crippen LogP contribution is -2.41. The van der Waals surface area contributed by atoms with Gasteiger partial charge in [-0.3, -0.25) is 10.4 Å². The number of alkyl carbamates (subject to hydrolysis) is 1. The van der Waals surface area contributed by atoms with Crippen LogP contribution in [0, 0.1) is 20.8 Å². The van der Waals surface area contributed by atoms with Gasteiger partial charge in [-0.05, 0) is 86.4 Å². The second-order valence-electron chi connectivity index (χ2n) is 12.3. The third kappa shape index (κ3) is 6.73. The zero-order chi connectivity index (χ0) is 33.2. The Morgan fingerprint density at radius 1 is 1.04 bits per heavy atom. The number of carbonyl (C=O) groups is 2. The number of carboxylic acids is 1. The molecule has 1 heterocycles. The molecule has 3 aromatic carbocycles. The van der Waals surface area contributed by atoms with Crippen LogP contribution in [0.3, 0.4) is 0 Å². The summed E-state index contributed by atoms with van der Waals surface area (Å²) >= 11 is 0. The number of aliphatic carboxylic acids is 1. The minimum absolute atomic E-state index is 0.0773. The summed E-state index contributed by atoms with van der Waals surface area (Å²) in [4.78, 5) is 31.1. The number of fused-ring (bicyclic) bond motifs is 4.